The van der Waals surface area contributed by atoms with Crippen molar-refractivity contribution in [3.05, 3.63) is 42.0 Å². The van der Waals surface area contributed by atoms with Crippen molar-refractivity contribution in [2.75, 3.05) is 20.2 Å². The second-order valence-corrected chi connectivity index (χ2v) is 6.23. The average molecular weight is 349 g/mol. The Kier molecular flexibility index (Phi) is 6.46. The summed E-state index contributed by atoms with van der Waals surface area (Å²) in [7, 11) is 1.67. The van der Waals surface area contributed by atoms with Crippen LogP contribution in [0.5, 0.6) is 5.75 Å². The van der Waals surface area contributed by atoms with E-state index in [0.29, 0.717) is 12.6 Å². The van der Waals surface area contributed by atoms with Gasteiger partial charge in [0, 0.05) is 12.6 Å². The van der Waals surface area contributed by atoms with Crippen molar-refractivity contribution in [1.82, 2.24) is 10.6 Å². The standard InChI is InChI=1S/C19H24N2O2.ClH/c1-13(19(22)21-12-17-4-3-9-20-17)14-5-6-16-11-18(23-2)8-7-15(16)10-14;/h5-8,10-11,13,17,20H,3-4,9,12H2,1-2H3,(H,21,22);1H. The highest BCUT2D eigenvalue weighted by Crippen LogP contribution is 2.25. The van der Waals surface area contributed by atoms with Gasteiger partial charge in [-0.05, 0) is 54.8 Å². The fourth-order valence-electron chi connectivity index (χ4n) is 3.10. The fourth-order valence-corrected chi connectivity index (χ4v) is 3.10. The van der Waals surface area contributed by atoms with E-state index in [4.69, 9.17) is 4.74 Å². The molecule has 1 heterocycles. The number of amides is 1. The monoisotopic (exact) mass is 348 g/mol. The second-order valence-electron chi connectivity index (χ2n) is 6.23. The number of carbonyl (C=O) groups excluding carboxylic acids is 1. The van der Waals surface area contributed by atoms with Crippen molar-refractivity contribution in [2.24, 2.45) is 0 Å². The van der Waals surface area contributed by atoms with Crippen LogP contribution in [0.2, 0.25) is 0 Å². The maximum absolute atomic E-state index is 12.4. The van der Waals surface area contributed by atoms with Gasteiger partial charge in [-0.3, -0.25) is 4.79 Å². The zero-order valence-corrected chi connectivity index (χ0v) is 15.0. The minimum Gasteiger partial charge on any atom is -0.497 e. The number of rotatable bonds is 5. The molecule has 2 aromatic rings. The molecule has 3 rings (SSSR count). The number of methoxy groups -OCH3 is 1. The third-order valence-electron chi connectivity index (χ3n) is 4.65. The third kappa shape index (κ3) is 4.19. The lowest BCUT2D eigenvalue weighted by molar-refractivity contribution is -0.122. The summed E-state index contributed by atoms with van der Waals surface area (Å²) < 4.78 is 5.25. The first-order valence-corrected chi connectivity index (χ1v) is 8.26. The van der Waals surface area contributed by atoms with Crippen molar-refractivity contribution in [2.45, 2.75) is 31.7 Å². The minimum absolute atomic E-state index is 0. The van der Waals surface area contributed by atoms with Crippen LogP contribution >= 0.6 is 12.4 Å². The smallest absolute Gasteiger partial charge is 0.227 e. The van der Waals surface area contributed by atoms with Crippen LogP contribution in [-0.2, 0) is 4.79 Å². The van der Waals surface area contributed by atoms with Crippen molar-refractivity contribution < 1.29 is 9.53 Å². The number of halogens is 1. The maximum atomic E-state index is 12.4. The van der Waals surface area contributed by atoms with E-state index in [0.717, 1.165) is 35.1 Å². The fraction of sp³-hybridized carbons (Fsp3) is 0.421. The molecule has 2 N–H and O–H groups in total. The van der Waals surface area contributed by atoms with Gasteiger partial charge in [-0.25, -0.2) is 0 Å². The van der Waals surface area contributed by atoms with Crippen molar-refractivity contribution >= 4 is 29.1 Å². The number of ether oxygens (including phenoxy) is 1. The number of hydrogen-bond donors (Lipinski definition) is 2. The molecule has 2 aromatic carbocycles. The Bertz CT molecular complexity index is 699. The van der Waals surface area contributed by atoms with Crippen LogP contribution in [0.1, 0.15) is 31.2 Å². The number of benzene rings is 2. The molecule has 0 radical (unpaired) electrons. The summed E-state index contributed by atoms with van der Waals surface area (Å²) >= 11 is 0. The SMILES string of the molecule is COc1ccc2cc(C(C)C(=O)NCC3CCCN3)ccc2c1.Cl. The second kappa shape index (κ2) is 8.36. The first-order valence-electron chi connectivity index (χ1n) is 8.26. The molecule has 0 aliphatic carbocycles. The first kappa shape index (κ1) is 18.6. The lowest BCUT2D eigenvalue weighted by Crippen LogP contribution is -2.38. The van der Waals surface area contributed by atoms with Gasteiger partial charge in [0.05, 0.1) is 13.0 Å². The Balaban J connectivity index is 0.00000208. The molecule has 0 aromatic heterocycles. The van der Waals surface area contributed by atoms with Crippen LogP contribution in [0.3, 0.4) is 0 Å². The van der Waals surface area contributed by atoms with Crippen LogP contribution in [0, 0.1) is 0 Å². The van der Waals surface area contributed by atoms with Gasteiger partial charge < -0.3 is 15.4 Å². The molecule has 2 atom stereocenters. The minimum atomic E-state index is -0.150. The molecule has 1 amide bonds. The van der Waals surface area contributed by atoms with Gasteiger partial charge in [0.15, 0.2) is 0 Å². The zero-order valence-electron chi connectivity index (χ0n) is 14.2. The largest absolute Gasteiger partial charge is 0.497 e. The van der Waals surface area contributed by atoms with Crippen molar-refractivity contribution in [3.63, 3.8) is 0 Å². The molecule has 24 heavy (non-hydrogen) atoms. The molecule has 1 aliphatic rings. The van der Waals surface area contributed by atoms with Crippen LogP contribution in [-0.4, -0.2) is 32.1 Å². The summed E-state index contributed by atoms with van der Waals surface area (Å²) in [5.74, 6) is 0.787. The number of fused-ring (bicyclic) bond motifs is 1. The van der Waals surface area contributed by atoms with E-state index < -0.39 is 0 Å². The van der Waals surface area contributed by atoms with Crippen LogP contribution in [0.25, 0.3) is 10.8 Å². The highest BCUT2D eigenvalue weighted by Gasteiger charge is 2.19. The summed E-state index contributed by atoms with van der Waals surface area (Å²) in [5.41, 5.74) is 1.04. The zero-order chi connectivity index (χ0) is 16.2. The Morgan fingerprint density at radius 2 is 2.04 bits per heavy atom. The molecule has 1 aliphatic heterocycles. The molecule has 4 nitrogen and oxygen atoms in total. The molecule has 1 saturated heterocycles. The quantitative estimate of drug-likeness (QED) is 0.872. The number of hydrogen-bond acceptors (Lipinski definition) is 3. The molecular formula is C19H25ClN2O2. The lowest BCUT2D eigenvalue weighted by Gasteiger charge is -2.16. The van der Waals surface area contributed by atoms with Crippen LogP contribution in [0.15, 0.2) is 36.4 Å². The highest BCUT2D eigenvalue weighted by molar-refractivity contribution is 5.88. The molecular weight excluding hydrogens is 324 g/mol. The molecule has 5 heteroatoms. The third-order valence-corrected chi connectivity index (χ3v) is 4.65. The van der Waals surface area contributed by atoms with E-state index in [9.17, 15) is 4.79 Å². The van der Waals surface area contributed by atoms with Crippen LogP contribution in [0.4, 0.5) is 0 Å². The summed E-state index contributed by atoms with van der Waals surface area (Å²) in [5, 5.41) is 8.71. The maximum Gasteiger partial charge on any atom is 0.227 e. The predicted octanol–water partition coefficient (Wildman–Crippen LogP) is 3.24. The van der Waals surface area contributed by atoms with Crippen molar-refractivity contribution in [3.8, 4) is 5.75 Å². The lowest BCUT2D eigenvalue weighted by atomic mass is 9.97. The number of nitrogens with one attached hydrogen (secondary N) is 2. The molecule has 0 saturated carbocycles. The van der Waals surface area contributed by atoms with E-state index in [1.807, 2.05) is 31.2 Å². The van der Waals surface area contributed by atoms with Gasteiger partial charge >= 0.3 is 0 Å². The van der Waals surface area contributed by atoms with E-state index in [1.165, 1.54) is 6.42 Å². The Morgan fingerprint density at radius 1 is 1.29 bits per heavy atom. The molecule has 0 bridgehead atoms. The first-order chi connectivity index (χ1) is 11.2. The Morgan fingerprint density at radius 3 is 2.75 bits per heavy atom. The summed E-state index contributed by atoms with van der Waals surface area (Å²) in [6.07, 6.45) is 2.34. The van der Waals surface area contributed by atoms with E-state index in [1.54, 1.807) is 7.11 Å². The molecule has 2 unspecified atom stereocenters. The predicted molar refractivity (Wildman–Crippen MR) is 100 cm³/mol. The highest BCUT2D eigenvalue weighted by atomic mass is 35.5. The van der Waals surface area contributed by atoms with Gasteiger partial charge in [0.25, 0.3) is 0 Å². The van der Waals surface area contributed by atoms with Gasteiger partial charge in [-0.2, -0.15) is 0 Å². The normalized spacial score (nSPS) is 18.0. The van der Waals surface area contributed by atoms with Crippen LogP contribution < -0.4 is 15.4 Å². The summed E-state index contributed by atoms with van der Waals surface area (Å²) in [6.45, 7) is 3.74. The Labute approximate surface area is 149 Å². The Hall–Kier alpha value is -1.78. The van der Waals surface area contributed by atoms with E-state index in [2.05, 4.69) is 22.8 Å². The van der Waals surface area contributed by atoms with Crippen molar-refractivity contribution in [1.29, 1.82) is 0 Å². The molecule has 130 valence electrons. The molecule has 0 spiro atoms. The summed E-state index contributed by atoms with van der Waals surface area (Å²) in [6, 6.07) is 12.6. The van der Waals surface area contributed by atoms with E-state index >= 15 is 0 Å². The molecule has 1 fully saturated rings. The average Bonchev–Trinajstić information content (AvgIpc) is 3.11. The van der Waals surface area contributed by atoms with Gasteiger partial charge in [0.1, 0.15) is 5.75 Å². The number of carbonyl (C=O) groups is 1. The van der Waals surface area contributed by atoms with Gasteiger partial charge in [-0.15, -0.1) is 12.4 Å². The van der Waals surface area contributed by atoms with E-state index in [-0.39, 0.29) is 24.2 Å². The van der Waals surface area contributed by atoms with Gasteiger partial charge in [-0.1, -0.05) is 24.3 Å². The van der Waals surface area contributed by atoms with Gasteiger partial charge in [0.2, 0.25) is 5.91 Å². The topological polar surface area (TPSA) is 50.4 Å². The summed E-state index contributed by atoms with van der Waals surface area (Å²) in [4.78, 5) is 12.4.